The Morgan fingerprint density at radius 3 is 1.55 bits per heavy atom. The molecule has 0 amide bonds. The van der Waals surface area contributed by atoms with E-state index in [-0.39, 0.29) is 0 Å². The highest BCUT2D eigenvalue weighted by molar-refractivity contribution is 7.25. The van der Waals surface area contributed by atoms with E-state index in [4.69, 9.17) is 9.97 Å². The molecule has 12 rings (SSSR count). The first kappa shape index (κ1) is 36.2. The van der Waals surface area contributed by atoms with E-state index in [0.717, 1.165) is 33.6 Å². The van der Waals surface area contributed by atoms with Crippen molar-refractivity contribution in [2.75, 3.05) is 0 Å². The van der Waals surface area contributed by atoms with Crippen LogP contribution in [0.2, 0.25) is 0 Å². The summed E-state index contributed by atoms with van der Waals surface area (Å²) in [4.78, 5) is 10.5. The highest BCUT2D eigenvalue weighted by Gasteiger charge is 2.46. The molecule has 2 nitrogen and oxygen atoms in total. The van der Waals surface area contributed by atoms with Crippen molar-refractivity contribution in [2.24, 2.45) is 0 Å². The van der Waals surface area contributed by atoms with Gasteiger partial charge in [0.1, 0.15) is 0 Å². The fourth-order valence-corrected chi connectivity index (χ4v) is 10.9. The minimum absolute atomic E-state index is 0.454. The summed E-state index contributed by atoms with van der Waals surface area (Å²) in [6, 6.07) is 83.4. The molecule has 3 heteroatoms. The van der Waals surface area contributed by atoms with Crippen molar-refractivity contribution >= 4 is 31.5 Å². The quantitative estimate of drug-likeness (QED) is 0.160. The SMILES string of the molecule is c1ccc(-c2nc(-c3ccc(-c4ccccc4-c4ccc5sc6ccccc6c5c4)cc3)cc(-c3ccc4c(c3)-c3ccccc3C4(c3ccccc3)c3ccccc3)n2)cc1. The van der Waals surface area contributed by atoms with Gasteiger partial charge < -0.3 is 0 Å². The lowest BCUT2D eigenvalue weighted by molar-refractivity contribution is 0.768. The highest BCUT2D eigenvalue weighted by Crippen LogP contribution is 2.56. The third kappa shape index (κ3) is 5.85. The number of hydrogen-bond acceptors (Lipinski definition) is 3. The standard InChI is InChI=1S/C59H38N2S/c1-4-16-41(17-5-1)58-60-54(40-30-28-39(29-31-40)46-22-10-11-23-47(46)42-33-35-57-51(36-42)49-25-13-15-27-56(49)62-57)38-55(61-58)43-32-34-53-50(37-43)48-24-12-14-26-52(48)59(53,44-18-6-2-7-19-44)45-20-8-3-9-21-45/h1-38H. The molecular formula is C59H38N2S. The van der Waals surface area contributed by atoms with E-state index in [2.05, 4.69) is 224 Å². The monoisotopic (exact) mass is 806 g/mol. The number of hydrogen-bond donors (Lipinski definition) is 0. The van der Waals surface area contributed by atoms with Crippen LogP contribution in [0, 0.1) is 0 Å². The number of thiophene rings is 1. The molecule has 0 bridgehead atoms. The molecule has 0 spiro atoms. The third-order valence-electron chi connectivity index (χ3n) is 12.6. The number of aromatic nitrogens is 2. The first-order valence-electron chi connectivity index (χ1n) is 21.1. The van der Waals surface area contributed by atoms with Crippen molar-refractivity contribution in [1.29, 1.82) is 0 Å². The minimum atomic E-state index is -0.454. The van der Waals surface area contributed by atoms with Gasteiger partial charge in [0, 0.05) is 36.9 Å². The zero-order valence-corrected chi connectivity index (χ0v) is 34.6. The highest BCUT2D eigenvalue weighted by atomic mass is 32.1. The fraction of sp³-hybridized carbons (Fsp3) is 0.0169. The molecule has 0 aliphatic heterocycles. The third-order valence-corrected chi connectivity index (χ3v) is 13.8. The van der Waals surface area contributed by atoms with Gasteiger partial charge in [0.2, 0.25) is 0 Å². The largest absolute Gasteiger partial charge is 0.228 e. The van der Waals surface area contributed by atoms with Crippen LogP contribution >= 0.6 is 11.3 Å². The van der Waals surface area contributed by atoms with Gasteiger partial charge in [0.25, 0.3) is 0 Å². The maximum Gasteiger partial charge on any atom is 0.160 e. The van der Waals surface area contributed by atoms with Crippen LogP contribution in [0.15, 0.2) is 231 Å². The molecule has 0 saturated heterocycles. The molecule has 2 aromatic heterocycles. The van der Waals surface area contributed by atoms with Crippen LogP contribution in [0.25, 0.3) is 87.5 Å². The lowest BCUT2D eigenvalue weighted by atomic mass is 9.67. The Kier molecular flexibility index (Phi) is 8.62. The molecule has 0 saturated carbocycles. The van der Waals surface area contributed by atoms with E-state index in [1.807, 2.05) is 17.4 Å². The van der Waals surface area contributed by atoms with Crippen LogP contribution in [-0.2, 0) is 5.41 Å². The van der Waals surface area contributed by atoms with Gasteiger partial charge in [-0.3, -0.25) is 0 Å². The molecule has 0 atom stereocenters. The Hall–Kier alpha value is -7.72. The van der Waals surface area contributed by atoms with Gasteiger partial charge in [-0.1, -0.05) is 200 Å². The van der Waals surface area contributed by atoms with E-state index < -0.39 is 5.41 Å². The Labute approximate surface area is 365 Å². The Morgan fingerprint density at radius 1 is 0.306 bits per heavy atom. The first-order valence-corrected chi connectivity index (χ1v) is 22.0. The van der Waals surface area contributed by atoms with Crippen LogP contribution in [0.5, 0.6) is 0 Å². The van der Waals surface area contributed by atoms with E-state index in [9.17, 15) is 0 Å². The predicted octanol–water partition coefficient (Wildman–Crippen LogP) is 15.5. The van der Waals surface area contributed by atoms with Gasteiger partial charge in [-0.25, -0.2) is 9.97 Å². The predicted molar refractivity (Wildman–Crippen MR) is 259 cm³/mol. The summed E-state index contributed by atoms with van der Waals surface area (Å²) in [7, 11) is 0. The second kappa shape index (κ2) is 14.8. The molecule has 2 heterocycles. The molecule has 0 unspecified atom stereocenters. The Bertz CT molecular complexity index is 3400. The van der Waals surface area contributed by atoms with Gasteiger partial charge in [0.05, 0.1) is 16.8 Å². The topological polar surface area (TPSA) is 25.8 Å². The normalized spacial score (nSPS) is 12.6. The van der Waals surface area contributed by atoms with Gasteiger partial charge in [-0.2, -0.15) is 0 Å². The molecular weight excluding hydrogens is 769 g/mol. The van der Waals surface area contributed by atoms with E-state index in [1.54, 1.807) is 0 Å². The fourth-order valence-electron chi connectivity index (χ4n) is 9.77. The van der Waals surface area contributed by atoms with Crippen LogP contribution in [0.4, 0.5) is 0 Å². The van der Waals surface area contributed by atoms with E-state index in [0.29, 0.717) is 5.82 Å². The van der Waals surface area contributed by atoms with Crippen LogP contribution < -0.4 is 0 Å². The lowest BCUT2D eigenvalue weighted by Crippen LogP contribution is -2.28. The van der Waals surface area contributed by atoms with Crippen molar-refractivity contribution in [1.82, 2.24) is 9.97 Å². The Balaban J connectivity index is 0.969. The average Bonchev–Trinajstić information content (AvgIpc) is 3.88. The summed E-state index contributed by atoms with van der Waals surface area (Å²) in [5.41, 5.74) is 16.7. The smallest absolute Gasteiger partial charge is 0.160 e. The van der Waals surface area contributed by atoms with Gasteiger partial charge in [-0.05, 0) is 86.0 Å². The molecule has 9 aromatic carbocycles. The number of nitrogens with zero attached hydrogens (tertiary/aromatic N) is 2. The van der Waals surface area contributed by atoms with Gasteiger partial charge in [0.15, 0.2) is 5.82 Å². The number of fused-ring (bicyclic) bond motifs is 6. The maximum absolute atomic E-state index is 5.27. The zero-order chi connectivity index (χ0) is 41.0. The number of benzene rings is 9. The molecule has 0 fully saturated rings. The van der Waals surface area contributed by atoms with Crippen LogP contribution in [0.1, 0.15) is 22.3 Å². The first-order chi connectivity index (χ1) is 30.7. The van der Waals surface area contributed by atoms with Crippen molar-refractivity contribution in [3.8, 4) is 67.3 Å². The summed E-state index contributed by atoms with van der Waals surface area (Å²) in [5.74, 6) is 0.702. The Morgan fingerprint density at radius 2 is 0.823 bits per heavy atom. The summed E-state index contributed by atoms with van der Waals surface area (Å²) in [6.07, 6.45) is 0. The second-order valence-corrected chi connectivity index (χ2v) is 17.1. The van der Waals surface area contributed by atoms with Crippen LogP contribution in [0.3, 0.4) is 0 Å². The van der Waals surface area contributed by atoms with Crippen molar-refractivity contribution in [2.45, 2.75) is 5.41 Å². The maximum atomic E-state index is 5.27. The van der Waals surface area contributed by atoms with Crippen molar-refractivity contribution in [3.63, 3.8) is 0 Å². The summed E-state index contributed by atoms with van der Waals surface area (Å²) in [6.45, 7) is 0. The molecule has 290 valence electrons. The molecule has 1 aliphatic rings. The molecule has 1 aliphatic carbocycles. The van der Waals surface area contributed by atoms with Crippen molar-refractivity contribution in [3.05, 3.63) is 253 Å². The minimum Gasteiger partial charge on any atom is -0.228 e. The summed E-state index contributed by atoms with van der Waals surface area (Å²) < 4.78 is 2.63. The molecule has 11 aromatic rings. The summed E-state index contributed by atoms with van der Waals surface area (Å²) in [5, 5.41) is 2.62. The van der Waals surface area contributed by atoms with Crippen LogP contribution in [-0.4, -0.2) is 9.97 Å². The van der Waals surface area contributed by atoms with E-state index in [1.165, 1.54) is 70.2 Å². The number of rotatable bonds is 7. The molecule has 0 N–H and O–H groups in total. The van der Waals surface area contributed by atoms with Gasteiger partial charge in [-0.15, -0.1) is 11.3 Å². The molecule has 0 radical (unpaired) electrons. The zero-order valence-electron chi connectivity index (χ0n) is 33.7. The van der Waals surface area contributed by atoms with Crippen molar-refractivity contribution < 1.29 is 0 Å². The second-order valence-electron chi connectivity index (χ2n) is 16.0. The molecule has 62 heavy (non-hydrogen) atoms. The summed E-state index contributed by atoms with van der Waals surface area (Å²) >= 11 is 1.85. The van der Waals surface area contributed by atoms with Gasteiger partial charge >= 0.3 is 0 Å². The average molecular weight is 807 g/mol. The lowest BCUT2D eigenvalue weighted by Gasteiger charge is -2.33. The van der Waals surface area contributed by atoms with E-state index >= 15 is 0 Å².